The van der Waals surface area contributed by atoms with Crippen molar-refractivity contribution in [2.75, 3.05) is 16.8 Å². The van der Waals surface area contributed by atoms with Gasteiger partial charge in [0.25, 0.3) is 5.91 Å². The van der Waals surface area contributed by atoms with Crippen molar-refractivity contribution in [3.05, 3.63) is 58.1 Å². The first kappa shape index (κ1) is 19.0. The van der Waals surface area contributed by atoms with Crippen LogP contribution in [0.1, 0.15) is 29.5 Å². The highest BCUT2D eigenvalue weighted by atomic mass is 35.5. The van der Waals surface area contributed by atoms with Crippen LogP contribution in [0, 0.1) is 25.7 Å². The highest BCUT2D eigenvalue weighted by Crippen LogP contribution is 2.53. The molecule has 4 aliphatic rings. The molecule has 0 bridgehead atoms. The van der Waals surface area contributed by atoms with Gasteiger partial charge in [-0.1, -0.05) is 35.4 Å². The highest BCUT2D eigenvalue weighted by molar-refractivity contribution is 6.36. The fourth-order valence-corrected chi connectivity index (χ4v) is 7.01. The smallest absolute Gasteiger partial charge is 0.291 e. The van der Waals surface area contributed by atoms with Gasteiger partial charge in [0, 0.05) is 18.4 Å². The Morgan fingerprint density at radius 1 is 1.13 bits per heavy atom. The summed E-state index contributed by atoms with van der Waals surface area (Å²) in [5.41, 5.74) is 3.03. The third-order valence-corrected chi connectivity index (χ3v) is 8.08. The fourth-order valence-electron chi connectivity index (χ4n) is 6.79. The number of quaternary nitrogens is 1. The molecule has 3 fully saturated rings. The molecule has 4 aliphatic heterocycles. The zero-order valence-electron chi connectivity index (χ0n) is 17.4. The Morgan fingerprint density at radius 2 is 1.90 bits per heavy atom. The lowest BCUT2D eigenvalue weighted by molar-refractivity contribution is -0.948. The van der Waals surface area contributed by atoms with E-state index in [1.165, 1.54) is 4.90 Å². The molecule has 6 rings (SSSR count). The largest absolute Gasteiger partial charge is 0.320 e. The molecule has 3 saturated heterocycles. The number of para-hydroxylation sites is 1. The monoisotopic (exact) mass is 436 g/mol. The number of rotatable bonds is 1. The molecule has 1 unspecified atom stereocenters. The van der Waals surface area contributed by atoms with Crippen molar-refractivity contribution in [2.24, 2.45) is 11.8 Å². The summed E-state index contributed by atoms with van der Waals surface area (Å²) in [6.07, 6.45) is 1.77. The van der Waals surface area contributed by atoms with Crippen LogP contribution >= 0.6 is 11.6 Å². The number of aryl methyl sites for hydroxylation is 2. The van der Waals surface area contributed by atoms with E-state index in [0.29, 0.717) is 10.7 Å². The van der Waals surface area contributed by atoms with Gasteiger partial charge < -0.3 is 10.2 Å². The fraction of sp³-hybridized carbons (Fsp3) is 0.375. The summed E-state index contributed by atoms with van der Waals surface area (Å²) in [4.78, 5) is 43.6. The number of anilines is 2. The molecule has 6 nitrogen and oxygen atoms in total. The number of amides is 3. The topological polar surface area (TPSA) is 70.9 Å². The third-order valence-electron chi connectivity index (χ3n) is 7.76. The lowest BCUT2D eigenvalue weighted by Crippen LogP contribution is -3.19. The van der Waals surface area contributed by atoms with E-state index in [1.54, 1.807) is 24.3 Å². The van der Waals surface area contributed by atoms with Crippen molar-refractivity contribution < 1.29 is 19.3 Å². The molecule has 31 heavy (non-hydrogen) atoms. The van der Waals surface area contributed by atoms with E-state index in [1.807, 2.05) is 26.0 Å². The summed E-state index contributed by atoms with van der Waals surface area (Å²) in [6.45, 7) is 4.76. The molecule has 3 amide bonds. The summed E-state index contributed by atoms with van der Waals surface area (Å²) in [6, 6.07) is 10.9. The highest BCUT2D eigenvalue weighted by Gasteiger charge is 2.78. The summed E-state index contributed by atoms with van der Waals surface area (Å²) in [5, 5.41) is 3.44. The van der Waals surface area contributed by atoms with Crippen molar-refractivity contribution in [2.45, 2.75) is 38.3 Å². The second-order valence-electron chi connectivity index (χ2n) is 9.26. The molecule has 0 aliphatic carbocycles. The SMILES string of the molecule is Cc1cc(C)c2c(c1)[C@@]1(C(=O)N2)[C@@H]2C(=O)N(c3ccccc3Cl)C(=O)[C@@H]2[C@@H]2CCC[NH+]21. The lowest BCUT2D eigenvalue weighted by Gasteiger charge is -2.33. The molecule has 5 atom stereocenters. The molecule has 0 saturated carbocycles. The van der Waals surface area contributed by atoms with Gasteiger partial charge in [-0.25, -0.2) is 4.90 Å². The lowest BCUT2D eigenvalue weighted by atomic mass is 9.75. The number of nitrogens with one attached hydrogen (secondary N) is 2. The molecule has 0 radical (unpaired) electrons. The number of carbonyl (C=O) groups excluding carboxylic acids is 3. The van der Waals surface area contributed by atoms with Crippen molar-refractivity contribution in [1.82, 2.24) is 0 Å². The zero-order valence-corrected chi connectivity index (χ0v) is 18.1. The summed E-state index contributed by atoms with van der Waals surface area (Å²) in [5.74, 6) is -1.94. The van der Waals surface area contributed by atoms with Crippen LogP contribution in [0.2, 0.25) is 5.02 Å². The van der Waals surface area contributed by atoms with Crippen LogP contribution in [-0.2, 0) is 19.9 Å². The van der Waals surface area contributed by atoms with Crippen LogP contribution in [0.4, 0.5) is 11.4 Å². The second kappa shape index (κ2) is 6.17. The standard InChI is InChI=1S/C24H22ClN3O3/c1-12-10-13(2)20-14(11-12)24(23(31)26-20)19-18(17-8-5-9-27(17)24)21(29)28(22(19)30)16-7-4-3-6-15(16)25/h3-4,6-7,10-11,17-19H,5,8-9H2,1-2H3,(H,26,31)/p+1/t17-,18+,19-,24-/m0/s1. The van der Waals surface area contributed by atoms with Gasteiger partial charge in [0.1, 0.15) is 17.9 Å². The van der Waals surface area contributed by atoms with Gasteiger partial charge in [-0.2, -0.15) is 0 Å². The van der Waals surface area contributed by atoms with Crippen LogP contribution < -0.4 is 15.1 Å². The van der Waals surface area contributed by atoms with Gasteiger partial charge in [0.2, 0.25) is 17.4 Å². The molecule has 0 aromatic heterocycles. The van der Waals surface area contributed by atoms with E-state index >= 15 is 0 Å². The predicted octanol–water partition coefficient (Wildman–Crippen LogP) is 1.97. The minimum atomic E-state index is -1.07. The van der Waals surface area contributed by atoms with E-state index in [9.17, 15) is 14.4 Å². The minimum Gasteiger partial charge on any atom is -0.320 e. The van der Waals surface area contributed by atoms with E-state index in [2.05, 4.69) is 5.32 Å². The Hall–Kier alpha value is -2.70. The van der Waals surface area contributed by atoms with Crippen LogP contribution in [0.25, 0.3) is 0 Å². The number of fused-ring (bicyclic) bond motifs is 7. The molecular formula is C24H23ClN3O3+. The van der Waals surface area contributed by atoms with E-state index in [0.717, 1.165) is 46.7 Å². The van der Waals surface area contributed by atoms with Gasteiger partial charge in [-0.15, -0.1) is 0 Å². The van der Waals surface area contributed by atoms with Crippen LogP contribution in [0.5, 0.6) is 0 Å². The first-order valence-electron chi connectivity index (χ1n) is 10.8. The van der Waals surface area contributed by atoms with Crippen LogP contribution in [0.3, 0.4) is 0 Å². The van der Waals surface area contributed by atoms with Gasteiger partial charge >= 0.3 is 0 Å². The number of hydrogen-bond donors (Lipinski definition) is 2. The Kier molecular flexibility index (Phi) is 3.79. The van der Waals surface area contributed by atoms with Crippen molar-refractivity contribution >= 4 is 40.7 Å². The maximum Gasteiger partial charge on any atom is 0.291 e. The van der Waals surface area contributed by atoms with E-state index in [4.69, 9.17) is 11.6 Å². The molecule has 4 heterocycles. The average molecular weight is 437 g/mol. The number of imide groups is 1. The normalized spacial score (nSPS) is 33.1. The summed E-state index contributed by atoms with van der Waals surface area (Å²) in [7, 11) is 0. The Bertz CT molecular complexity index is 1190. The quantitative estimate of drug-likeness (QED) is 0.671. The number of carbonyl (C=O) groups is 3. The number of benzene rings is 2. The van der Waals surface area contributed by atoms with Gasteiger partial charge in [0.15, 0.2) is 0 Å². The summed E-state index contributed by atoms with van der Waals surface area (Å²) >= 11 is 6.37. The van der Waals surface area contributed by atoms with Gasteiger partial charge in [0.05, 0.1) is 22.9 Å². The Balaban J connectivity index is 1.60. The maximum atomic E-state index is 13.9. The van der Waals surface area contributed by atoms with Crippen molar-refractivity contribution in [1.29, 1.82) is 0 Å². The second-order valence-corrected chi connectivity index (χ2v) is 9.66. The first-order valence-corrected chi connectivity index (χ1v) is 11.2. The molecule has 2 aromatic carbocycles. The Labute approximate surface area is 185 Å². The molecule has 7 heteroatoms. The third kappa shape index (κ3) is 2.14. The van der Waals surface area contributed by atoms with Crippen molar-refractivity contribution in [3.8, 4) is 0 Å². The first-order chi connectivity index (χ1) is 14.9. The zero-order chi connectivity index (χ0) is 21.7. The van der Waals surface area contributed by atoms with E-state index in [-0.39, 0.29) is 23.8 Å². The molecule has 2 aromatic rings. The van der Waals surface area contributed by atoms with Crippen LogP contribution in [0.15, 0.2) is 36.4 Å². The number of nitrogens with zero attached hydrogens (tertiary/aromatic N) is 1. The molecular weight excluding hydrogens is 414 g/mol. The minimum absolute atomic E-state index is 0.0496. The summed E-state index contributed by atoms with van der Waals surface area (Å²) < 4.78 is 0. The number of halogens is 1. The predicted molar refractivity (Wildman–Crippen MR) is 116 cm³/mol. The Morgan fingerprint density at radius 3 is 2.68 bits per heavy atom. The molecule has 158 valence electrons. The van der Waals surface area contributed by atoms with E-state index < -0.39 is 17.4 Å². The molecule has 2 N–H and O–H groups in total. The van der Waals surface area contributed by atoms with Gasteiger partial charge in [-0.3, -0.25) is 14.4 Å². The van der Waals surface area contributed by atoms with Crippen LogP contribution in [-0.4, -0.2) is 30.3 Å². The molecule has 1 spiro atoms. The maximum absolute atomic E-state index is 13.9. The number of hydrogen-bond acceptors (Lipinski definition) is 3. The average Bonchev–Trinajstić information content (AvgIpc) is 3.42. The van der Waals surface area contributed by atoms with Gasteiger partial charge in [-0.05, 0) is 37.6 Å². The van der Waals surface area contributed by atoms with Crippen molar-refractivity contribution in [3.63, 3.8) is 0 Å².